The Morgan fingerprint density at radius 2 is 1.96 bits per heavy atom. The van der Waals surface area contributed by atoms with Gasteiger partial charge in [0.05, 0.1) is 11.7 Å². The van der Waals surface area contributed by atoms with Gasteiger partial charge >= 0.3 is 0 Å². The summed E-state index contributed by atoms with van der Waals surface area (Å²) < 4.78 is 35.3. The Hall–Kier alpha value is -1.58. The predicted molar refractivity (Wildman–Crippen MR) is 87.7 cm³/mol. The van der Waals surface area contributed by atoms with Crippen LogP contribution in [0.4, 0.5) is 0 Å². The zero-order valence-corrected chi connectivity index (χ0v) is 14.4. The summed E-state index contributed by atoms with van der Waals surface area (Å²) in [6.07, 6.45) is 1.31. The number of sulfonamides is 1. The maximum Gasteiger partial charge on any atom is 0.245 e. The second kappa shape index (κ2) is 6.50. The molecule has 0 atom stereocenters. The van der Waals surface area contributed by atoms with Gasteiger partial charge in [-0.25, -0.2) is 8.42 Å². The van der Waals surface area contributed by atoms with Gasteiger partial charge in [-0.1, -0.05) is 13.0 Å². The maximum absolute atomic E-state index is 12.9. The van der Waals surface area contributed by atoms with Crippen molar-refractivity contribution in [1.82, 2.24) is 18.0 Å². The first-order chi connectivity index (χ1) is 11.0. The molecule has 0 spiro atoms. The van der Waals surface area contributed by atoms with Crippen LogP contribution in [0.1, 0.15) is 19.8 Å². The summed E-state index contributed by atoms with van der Waals surface area (Å²) in [5, 5.41) is 0. The fourth-order valence-corrected chi connectivity index (χ4v) is 4.85. The molecule has 1 aliphatic rings. The largest absolute Gasteiger partial charge is 0.340 e. The Balaban J connectivity index is 1.80. The molecule has 2 heterocycles. The topological polar surface area (TPSA) is 83.5 Å². The number of carbonyl (C=O) groups excluding carboxylic acids is 1. The molecule has 1 saturated heterocycles. The van der Waals surface area contributed by atoms with E-state index < -0.39 is 10.0 Å². The smallest absolute Gasteiger partial charge is 0.245 e. The van der Waals surface area contributed by atoms with E-state index in [0.717, 1.165) is 18.1 Å². The Kier molecular flexibility index (Phi) is 4.60. The van der Waals surface area contributed by atoms with Gasteiger partial charge in [-0.3, -0.25) is 4.79 Å². The van der Waals surface area contributed by atoms with Crippen LogP contribution in [0.25, 0.3) is 11.0 Å². The lowest BCUT2D eigenvalue weighted by molar-refractivity contribution is -0.132. The molecule has 0 aliphatic carbocycles. The van der Waals surface area contributed by atoms with Crippen LogP contribution < -0.4 is 0 Å². The Bertz CT molecular complexity index is 810. The molecule has 3 rings (SSSR count). The van der Waals surface area contributed by atoms with Crippen LogP contribution in [-0.2, 0) is 14.8 Å². The van der Waals surface area contributed by atoms with E-state index in [4.69, 9.17) is 0 Å². The molecule has 0 saturated carbocycles. The van der Waals surface area contributed by atoms with E-state index in [1.807, 2.05) is 6.92 Å². The monoisotopic (exact) mass is 354 g/mol. The minimum Gasteiger partial charge on any atom is -0.340 e. The molecule has 0 radical (unpaired) electrons. The van der Waals surface area contributed by atoms with Gasteiger partial charge in [0.1, 0.15) is 15.9 Å². The van der Waals surface area contributed by atoms with Crippen molar-refractivity contribution in [3.05, 3.63) is 18.2 Å². The van der Waals surface area contributed by atoms with Crippen molar-refractivity contribution in [3.8, 4) is 0 Å². The number of benzene rings is 1. The van der Waals surface area contributed by atoms with Crippen LogP contribution in [0, 0.1) is 0 Å². The lowest BCUT2D eigenvalue weighted by Gasteiger charge is -2.34. The van der Waals surface area contributed by atoms with Gasteiger partial charge in [-0.2, -0.15) is 13.1 Å². The average molecular weight is 354 g/mol. The van der Waals surface area contributed by atoms with Crippen molar-refractivity contribution in [2.24, 2.45) is 0 Å². The van der Waals surface area contributed by atoms with Crippen molar-refractivity contribution < 1.29 is 13.2 Å². The van der Waals surface area contributed by atoms with E-state index in [9.17, 15) is 13.2 Å². The van der Waals surface area contributed by atoms with Crippen molar-refractivity contribution in [3.63, 3.8) is 0 Å². The van der Waals surface area contributed by atoms with Crippen LogP contribution in [0.3, 0.4) is 0 Å². The van der Waals surface area contributed by atoms with Gasteiger partial charge < -0.3 is 4.90 Å². The van der Waals surface area contributed by atoms with Crippen LogP contribution >= 0.6 is 11.7 Å². The van der Waals surface area contributed by atoms with Gasteiger partial charge in [-0.15, -0.1) is 0 Å². The number of nitrogens with zero attached hydrogens (tertiary/aromatic N) is 4. The lowest BCUT2D eigenvalue weighted by Crippen LogP contribution is -2.50. The van der Waals surface area contributed by atoms with Crippen molar-refractivity contribution in [2.45, 2.75) is 24.7 Å². The first-order valence-electron chi connectivity index (χ1n) is 7.53. The number of amides is 1. The van der Waals surface area contributed by atoms with Gasteiger partial charge in [0.25, 0.3) is 0 Å². The third-order valence-corrected chi connectivity index (χ3v) is 6.39. The number of hydrogen-bond acceptors (Lipinski definition) is 6. The zero-order chi connectivity index (χ0) is 16.4. The molecule has 1 aliphatic heterocycles. The van der Waals surface area contributed by atoms with Crippen molar-refractivity contribution >= 4 is 38.7 Å². The molecule has 9 heteroatoms. The summed E-state index contributed by atoms with van der Waals surface area (Å²) in [4.78, 5) is 13.8. The third-order valence-electron chi connectivity index (χ3n) is 3.92. The number of hydrogen-bond donors (Lipinski definition) is 0. The molecule has 23 heavy (non-hydrogen) atoms. The second-order valence-electron chi connectivity index (χ2n) is 5.42. The number of rotatable bonds is 4. The highest BCUT2D eigenvalue weighted by Crippen LogP contribution is 2.25. The fourth-order valence-electron chi connectivity index (χ4n) is 2.68. The van der Waals surface area contributed by atoms with Crippen LogP contribution in [0.2, 0.25) is 0 Å². The van der Waals surface area contributed by atoms with E-state index in [-0.39, 0.29) is 10.8 Å². The summed E-state index contributed by atoms with van der Waals surface area (Å²) in [5.41, 5.74) is 1.01. The molecule has 1 aromatic carbocycles. The van der Waals surface area contributed by atoms with Gasteiger partial charge in [-0.05, 0) is 18.6 Å². The summed E-state index contributed by atoms with van der Waals surface area (Å²) in [6, 6.07) is 4.99. The van der Waals surface area contributed by atoms with E-state index in [2.05, 4.69) is 8.75 Å². The van der Waals surface area contributed by atoms with Gasteiger partial charge in [0.2, 0.25) is 15.9 Å². The molecule has 2 aromatic rings. The highest BCUT2D eigenvalue weighted by molar-refractivity contribution is 7.89. The van der Waals surface area contributed by atoms with Crippen LogP contribution in [-0.4, -0.2) is 58.5 Å². The molecule has 1 amide bonds. The molecule has 1 fully saturated rings. The summed E-state index contributed by atoms with van der Waals surface area (Å²) in [5.74, 6) is 0.0929. The molecule has 124 valence electrons. The summed E-state index contributed by atoms with van der Waals surface area (Å²) >= 11 is 1.00. The fraction of sp³-hybridized carbons (Fsp3) is 0.500. The molecule has 0 bridgehead atoms. The molecule has 0 N–H and O–H groups in total. The number of piperazine rings is 1. The average Bonchev–Trinajstić information content (AvgIpc) is 3.03. The molecular weight excluding hydrogens is 336 g/mol. The summed E-state index contributed by atoms with van der Waals surface area (Å²) in [7, 11) is -3.62. The Morgan fingerprint density at radius 1 is 1.22 bits per heavy atom. The van der Waals surface area contributed by atoms with Crippen molar-refractivity contribution in [1.29, 1.82) is 0 Å². The molecule has 7 nitrogen and oxygen atoms in total. The summed E-state index contributed by atoms with van der Waals surface area (Å²) in [6.45, 7) is 3.45. The third kappa shape index (κ3) is 3.08. The molecule has 1 aromatic heterocycles. The van der Waals surface area contributed by atoms with Crippen molar-refractivity contribution in [2.75, 3.05) is 26.2 Å². The van der Waals surface area contributed by atoms with E-state index in [0.29, 0.717) is 43.6 Å². The predicted octanol–water partition coefficient (Wildman–Crippen LogP) is 1.32. The minimum absolute atomic E-state index is 0.0929. The number of fused-ring (bicyclic) bond motifs is 1. The Labute approximate surface area is 139 Å². The maximum atomic E-state index is 12.9. The minimum atomic E-state index is -3.62. The van der Waals surface area contributed by atoms with E-state index >= 15 is 0 Å². The number of carbonyl (C=O) groups is 1. The van der Waals surface area contributed by atoms with Gasteiger partial charge in [0.15, 0.2) is 0 Å². The quantitative estimate of drug-likeness (QED) is 0.827. The van der Waals surface area contributed by atoms with Crippen LogP contribution in [0.5, 0.6) is 0 Å². The molecular formula is C14H18N4O3S2. The SMILES string of the molecule is CCCC(=O)N1CCN(S(=O)(=O)c2cccc3nsnc23)CC1. The van der Waals surface area contributed by atoms with E-state index in [1.165, 1.54) is 4.31 Å². The van der Waals surface area contributed by atoms with Gasteiger partial charge in [0, 0.05) is 32.6 Å². The number of aromatic nitrogens is 2. The Morgan fingerprint density at radius 3 is 2.65 bits per heavy atom. The standard InChI is InChI=1S/C14H18N4O3S2/c1-2-4-13(19)17-7-9-18(10-8-17)23(20,21)12-6-3-5-11-14(12)16-22-15-11/h3,5-6H,2,4,7-10H2,1H3. The first-order valence-corrected chi connectivity index (χ1v) is 9.70. The second-order valence-corrected chi connectivity index (χ2v) is 7.86. The van der Waals surface area contributed by atoms with Crippen LogP contribution in [0.15, 0.2) is 23.1 Å². The highest BCUT2D eigenvalue weighted by Gasteiger charge is 2.31. The van der Waals surface area contributed by atoms with E-state index in [1.54, 1.807) is 23.1 Å². The zero-order valence-electron chi connectivity index (χ0n) is 12.8. The molecule has 0 unspecified atom stereocenters. The highest BCUT2D eigenvalue weighted by atomic mass is 32.2. The first kappa shape index (κ1) is 16.3. The normalized spacial score (nSPS) is 16.8. The lowest BCUT2D eigenvalue weighted by atomic mass is 10.2.